The average Bonchev–Trinajstić information content (AvgIpc) is 2.39. The zero-order valence-corrected chi connectivity index (χ0v) is 11.9. The summed E-state index contributed by atoms with van der Waals surface area (Å²) in [5, 5.41) is 0. The van der Waals surface area contributed by atoms with Gasteiger partial charge in [0, 0.05) is 0 Å². The maximum Gasteiger partial charge on any atom is 0.419 e. The molecule has 0 fully saturated rings. The lowest BCUT2D eigenvalue weighted by Crippen LogP contribution is -2.01. The molecule has 2 rings (SSSR count). The Morgan fingerprint density at radius 3 is 2.15 bits per heavy atom. The third kappa shape index (κ3) is 3.84. The lowest BCUT2D eigenvalue weighted by atomic mass is 10.3. The number of benzene rings is 2. The van der Waals surface area contributed by atoms with E-state index in [9.17, 15) is 13.0 Å². The SMILES string of the molecule is O=[PH](Oc1ccccc1)Oc1ccccc1S(=O)(=O)O. The quantitative estimate of drug-likeness (QED) is 0.674. The fourth-order valence-electron chi connectivity index (χ4n) is 1.44. The molecular weight excluding hydrogens is 303 g/mol. The second-order valence-corrected chi connectivity index (χ2v) is 5.99. The Labute approximate surface area is 116 Å². The third-order valence-corrected chi connectivity index (χ3v) is 3.95. The lowest BCUT2D eigenvalue weighted by molar-refractivity contribution is 0.409. The minimum Gasteiger partial charge on any atom is -0.418 e. The molecule has 0 radical (unpaired) electrons. The van der Waals surface area contributed by atoms with E-state index in [0.29, 0.717) is 5.75 Å². The predicted octanol–water partition coefficient (Wildman–Crippen LogP) is 2.78. The molecule has 8 heteroatoms. The molecule has 1 N–H and O–H groups in total. The van der Waals surface area contributed by atoms with E-state index >= 15 is 0 Å². The van der Waals surface area contributed by atoms with Crippen LogP contribution in [0.1, 0.15) is 0 Å². The topological polar surface area (TPSA) is 89.9 Å². The molecule has 20 heavy (non-hydrogen) atoms. The van der Waals surface area contributed by atoms with E-state index in [1.54, 1.807) is 30.3 Å². The van der Waals surface area contributed by atoms with E-state index in [1.807, 2.05) is 0 Å². The first kappa shape index (κ1) is 14.6. The lowest BCUT2D eigenvalue weighted by Gasteiger charge is -2.10. The van der Waals surface area contributed by atoms with Gasteiger partial charge in [-0.05, 0) is 24.3 Å². The van der Waals surface area contributed by atoms with Crippen LogP contribution in [-0.2, 0) is 14.7 Å². The van der Waals surface area contributed by atoms with Crippen molar-refractivity contribution in [1.29, 1.82) is 0 Å². The van der Waals surface area contributed by atoms with Gasteiger partial charge in [-0.15, -0.1) is 0 Å². The summed E-state index contributed by atoms with van der Waals surface area (Å²) in [4.78, 5) is -0.463. The summed E-state index contributed by atoms with van der Waals surface area (Å²) in [7, 11) is -7.46. The molecule has 0 aliphatic carbocycles. The Kier molecular flexibility index (Phi) is 4.44. The Morgan fingerprint density at radius 1 is 0.900 bits per heavy atom. The standard InChI is InChI=1S/C12H11O6PS/c13-19(17-10-6-2-1-3-7-10)18-11-8-4-5-9-12(11)20(14,15)16/h1-9,19H,(H,14,15,16). The molecule has 0 heterocycles. The van der Waals surface area contributed by atoms with Crippen LogP contribution in [0.2, 0.25) is 0 Å². The van der Waals surface area contributed by atoms with Gasteiger partial charge in [0.05, 0.1) is 0 Å². The van der Waals surface area contributed by atoms with Crippen LogP contribution in [0.4, 0.5) is 0 Å². The van der Waals surface area contributed by atoms with Crippen LogP contribution in [-0.4, -0.2) is 13.0 Å². The molecular formula is C12H11O6PS. The van der Waals surface area contributed by atoms with Gasteiger partial charge in [-0.25, -0.2) is 4.57 Å². The van der Waals surface area contributed by atoms with E-state index < -0.39 is 23.3 Å². The Bertz CT molecular complexity index is 714. The summed E-state index contributed by atoms with van der Waals surface area (Å²) in [6.07, 6.45) is 0. The van der Waals surface area contributed by atoms with Gasteiger partial charge in [-0.3, -0.25) is 4.55 Å². The molecule has 2 aromatic rings. The Morgan fingerprint density at radius 2 is 1.50 bits per heavy atom. The van der Waals surface area contributed by atoms with Crippen LogP contribution in [0, 0.1) is 0 Å². The van der Waals surface area contributed by atoms with Crippen LogP contribution >= 0.6 is 8.25 Å². The summed E-state index contributed by atoms with van der Waals surface area (Å²) in [5.41, 5.74) is 0. The molecule has 0 amide bonds. The Balaban J connectivity index is 2.17. The monoisotopic (exact) mass is 314 g/mol. The molecule has 0 aliphatic rings. The van der Waals surface area contributed by atoms with Crippen molar-refractivity contribution in [3.63, 3.8) is 0 Å². The molecule has 6 nitrogen and oxygen atoms in total. The molecule has 0 aliphatic heterocycles. The van der Waals surface area contributed by atoms with Crippen molar-refractivity contribution < 1.29 is 26.6 Å². The van der Waals surface area contributed by atoms with Gasteiger partial charge in [-0.2, -0.15) is 8.42 Å². The van der Waals surface area contributed by atoms with Crippen LogP contribution in [0.3, 0.4) is 0 Å². The number of hydrogen-bond acceptors (Lipinski definition) is 5. The summed E-state index contributed by atoms with van der Waals surface area (Å²) in [6, 6.07) is 13.6. The Hall–Kier alpha value is -1.82. The van der Waals surface area contributed by atoms with Crippen LogP contribution in [0.15, 0.2) is 59.5 Å². The van der Waals surface area contributed by atoms with Crippen molar-refractivity contribution >= 4 is 18.4 Å². The van der Waals surface area contributed by atoms with Crippen molar-refractivity contribution in [2.24, 2.45) is 0 Å². The van der Waals surface area contributed by atoms with Crippen LogP contribution in [0.25, 0.3) is 0 Å². The van der Waals surface area contributed by atoms with Crippen molar-refractivity contribution in [1.82, 2.24) is 0 Å². The zero-order chi connectivity index (χ0) is 14.6. The highest BCUT2D eigenvalue weighted by atomic mass is 32.2. The van der Waals surface area contributed by atoms with Gasteiger partial charge in [0.25, 0.3) is 10.1 Å². The normalized spacial score (nSPS) is 12.7. The van der Waals surface area contributed by atoms with Crippen molar-refractivity contribution in [3.05, 3.63) is 54.6 Å². The first-order valence-electron chi connectivity index (χ1n) is 5.48. The second kappa shape index (κ2) is 6.09. The molecule has 106 valence electrons. The molecule has 0 bridgehead atoms. The number of para-hydroxylation sites is 2. The zero-order valence-electron chi connectivity index (χ0n) is 10.1. The maximum atomic E-state index is 11.7. The van der Waals surface area contributed by atoms with Gasteiger partial charge < -0.3 is 9.05 Å². The summed E-state index contributed by atoms with van der Waals surface area (Å²) in [6.45, 7) is 0. The first-order valence-corrected chi connectivity index (χ1v) is 8.14. The highest BCUT2D eigenvalue weighted by molar-refractivity contribution is 7.86. The van der Waals surface area contributed by atoms with Gasteiger partial charge in [0.15, 0.2) is 5.75 Å². The second-order valence-electron chi connectivity index (χ2n) is 3.69. The van der Waals surface area contributed by atoms with E-state index in [-0.39, 0.29) is 5.75 Å². The van der Waals surface area contributed by atoms with E-state index in [4.69, 9.17) is 13.6 Å². The molecule has 0 saturated carbocycles. The molecule has 1 atom stereocenters. The van der Waals surface area contributed by atoms with Gasteiger partial charge >= 0.3 is 8.25 Å². The van der Waals surface area contributed by atoms with Gasteiger partial charge in [0.1, 0.15) is 10.6 Å². The molecule has 0 aromatic heterocycles. The summed E-state index contributed by atoms with van der Waals surface area (Å²) < 4.78 is 53.0. The fraction of sp³-hybridized carbons (Fsp3) is 0. The number of hydrogen-bond donors (Lipinski definition) is 1. The van der Waals surface area contributed by atoms with E-state index in [2.05, 4.69) is 0 Å². The fourth-order valence-corrected chi connectivity index (χ4v) is 2.86. The smallest absolute Gasteiger partial charge is 0.418 e. The van der Waals surface area contributed by atoms with Crippen LogP contribution in [0.5, 0.6) is 11.5 Å². The largest absolute Gasteiger partial charge is 0.419 e. The highest BCUT2D eigenvalue weighted by Gasteiger charge is 2.17. The van der Waals surface area contributed by atoms with Crippen molar-refractivity contribution in [2.45, 2.75) is 4.90 Å². The first-order chi connectivity index (χ1) is 9.47. The molecule has 0 spiro atoms. The minimum absolute atomic E-state index is 0.227. The average molecular weight is 314 g/mol. The van der Waals surface area contributed by atoms with Crippen molar-refractivity contribution in [2.75, 3.05) is 0 Å². The summed E-state index contributed by atoms with van der Waals surface area (Å²) in [5.74, 6) is 0.107. The minimum atomic E-state index is -4.46. The molecule has 1 unspecified atom stereocenters. The summed E-state index contributed by atoms with van der Waals surface area (Å²) >= 11 is 0. The molecule has 2 aromatic carbocycles. The van der Waals surface area contributed by atoms with Gasteiger partial charge in [0.2, 0.25) is 0 Å². The van der Waals surface area contributed by atoms with E-state index in [1.165, 1.54) is 18.2 Å². The maximum absolute atomic E-state index is 11.7. The number of rotatable bonds is 5. The predicted molar refractivity (Wildman–Crippen MR) is 73.0 cm³/mol. The van der Waals surface area contributed by atoms with Crippen molar-refractivity contribution in [3.8, 4) is 11.5 Å². The highest BCUT2D eigenvalue weighted by Crippen LogP contribution is 2.33. The van der Waals surface area contributed by atoms with Gasteiger partial charge in [-0.1, -0.05) is 30.3 Å². The van der Waals surface area contributed by atoms with E-state index in [0.717, 1.165) is 6.07 Å². The van der Waals surface area contributed by atoms with Crippen LogP contribution < -0.4 is 9.05 Å². The third-order valence-electron chi connectivity index (χ3n) is 2.26. The molecule has 0 saturated heterocycles.